The first-order valence-electron chi connectivity index (χ1n) is 8.02. The molecule has 1 heterocycles. The fourth-order valence-corrected chi connectivity index (χ4v) is 5.73. The van der Waals surface area contributed by atoms with Crippen molar-refractivity contribution in [2.24, 2.45) is 23.2 Å². The Hall–Kier alpha value is -1.25. The van der Waals surface area contributed by atoms with Gasteiger partial charge in [-0.15, -0.1) is 0 Å². The Bertz CT molecular complexity index is 470. The molecule has 4 fully saturated rings. The number of hydrogen-bond acceptors (Lipinski definition) is 1. The third kappa shape index (κ3) is 1.99. The molecule has 5 rings (SSSR count). The molecule has 0 aromatic carbocycles. The van der Waals surface area contributed by atoms with Gasteiger partial charge in [0.1, 0.15) is 5.69 Å². The molecule has 1 aromatic rings. The molecule has 4 aliphatic carbocycles. The summed E-state index contributed by atoms with van der Waals surface area (Å²) in [7, 11) is 1.97. The first-order chi connectivity index (χ1) is 9.63. The first kappa shape index (κ1) is 12.5. The molecule has 4 aliphatic rings. The smallest absolute Gasteiger partial charge is 0.270 e. The fourth-order valence-electron chi connectivity index (χ4n) is 5.73. The van der Waals surface area contributed by atoms with Gasteiger partial charge in [0, 0.05) is 19.8 Å². The van der Waals surface area contributed by atoms with E-state index in [2.05, 4.69) is 4.98 Å². The number of nitrogens with one attached hydrogen (secondary N) is 1. The summed E-state index contributed by atoms with van der Waals surface area (Å²) in [6, 6.07) is 3.77. The Morgan fingerprint density at radius 3 is 2.35 bits per heavy atom. The van der Waals surface area contributed by atoms with Gasteiger partial charge in [-0.05, 0) is 73.8 Å². The first-order valence-corrected chi connectivity index (χ1v) is 8.02. The van der Waals surface area contributed by atoms with E-state index in [4.69, 9.17) is 0 Å². The molecule has 0 saturated heterocycles. The molecule has 108 valence electrons. The second kappa shape index (κ2) is 4.37. The van der Waals surface area contributed by atoms with Crippen molar-refractivity contribution in [3.63, 3.8) is 0 Å². The van der Waals surface area contributed by atoms with Gasteiger partial charge in [0.2, 0.25) is 0 Å². The maximum absolute atomic E-state index is 12.4. The van der Waals surface area contributed by atoms with E-state index in [1.165, 1.54) is 38.5 Å². The van der Waals surface area contributed by atoms with E-state index < -0.39 is 0 Å². The lowest BCUT2D eigenvalue weighted by molar-refractivity contribution is -0.0629. The molecule has 3 nitrogen and oxygen atoms in total. The Morgan fingerprint density at radius 2 is 1.85 bits per heavy atom. The molecule has 1 amide bonds. The summed E-state index contributed by atoms with van der Waals surface area (Å²) in [4.78, 5) is 17.4. The van der Waals surface area contributed by atoms with E-state index in [0.29, 0.717) is 5.41 Å². The van der Waals surface area contributed by atoms with E-state index in [-0.39, 0.29) is 5.91 Å². The Labute approximate surface area is 120 Å². The van der Waals surface area contributed by atoms with Crippen LogP contribution in [-0.4, -0.2) is 29.4 Å². The number of carbonyl (C=O) groups excluding carboxylic acids is 1. The second-order valence-electron chi connectivity index (χ2n) is 7.66. The number of amides is 1. The zero-order chi connectivity index (χ0) is 13.7. The van der Waals surface area contributed by atoms with Gasteiger partial charge in [0.25, 0.3) is 5.91 Å². The highest BCUT2D eigenvalue weighted by Crippen LogP contribution is 2.60. The molecule has 1 aromatic heterocycles. The van der Waals surface area contributed by atoms with Crippen molar-refractivity contribution >= 4 is 5.91 Å². The zero-order valence-corrected chi connectivity index (χ0v) is 12.3. The van der Waals surface area contributed by atoms with Crippen LogP contribution in [0.1, 0.15) is 49.0 Å². The van der Waals surface area contributed by atoms with Crippen molar-refractivity contribution < 1.29 is 4.79 Å². The predicted octanol–water partition coefficient (Wildman–Crippen LogP) is 3.30. The Balaban J connectivity index is 1.50. The standard InChI is InChI=1S/C17H24N2O/c1-19(16(20)15-3-2-4-18-15)11-17-8-12-5-13(9-17)7-14(6-12)10-17/h2-4,12-14,18H,5-11H2,1H3. The minimum atomic E-state index is 0.144. The molecular formula is C17H24N2O. The van der Waals surface area contributed by atoms with Crippen molar-refractivity contribution in [2.75, 3.05) is 13.6 Å². The zero-order valence-electron chi connectivity index (χ0n) is 12.3. The Morgan fingerprint density at radius 1 is 1.25 bits per heavy atom. The van der Waals surface area contributed by atoms with Crippen LogP contribution in [0.2, 0.25) is 0 Å². The van der Waals surface area contributed by atoms with Gasteiger partial charge in [-0.1, -0.05) is 0 Å². The number of rotatable bonds is 3. The van der Waals surface area contributed by atoms with Crippen LogP contribution < -0.4 is 0 Å². The highest BCUT2D eigenvalue weighted by Gasteiger charge is 2.51. The number of H-pyrrole nitrogens is 1. The van der Waals surface area contributed by atoms with Gasteiger partial charge in [0.05, 0.1) is 0 Å². The van der Waals surface area contributed by atoms with Crippen LogP contribution in [0.4, 0.5) is 0 Å². The maximum atomic E-state index is 12.4. The van der Waals surface area contributed by atoms with Crippen molar-refractivity contribution in [3.05, 3.63) is 24.0 Å². The van der Waals surface area contributed by atoms with E-state index >= 15 is 0 Å². The largest absolute Gasteiger partial charge is 0.357 e. The molecule has 4 saturated carbocycles. The average Bonchev–Trinajstić information content (AvgIpc) is 2.89. The predicted molar refractivity (Wildman–Crippen MR) is 78.4 cm³/mol. The minimum absolute atomic E-state index is 0.144. The van der Waals surface area contributed by atoms with Crippen LogP contribution in [0.3, 0.4) is 0 Å². The third-order valence-electron chi connectivity index (χ3n) is 5.91. The summed E-state index contributed by atoms with van der Waals surface area (Å²) in [6.07, 6.45) is 10.3. The molecule has 3 heteroatoms. The second-order valence-corrected chi connectivity index (χ2v) is 7.66. The number of nitrogens with zero attached hydrogens (tertiary/aromatic N) is 1. The number of hydrogen-bond donors (Lipinski definition) is 1. The van der Waals surface area contributed by atoms with Gasteiger partial charge in [-0.2, -0.15) is 0 Å². The molecule has 0 aliphatic heterocycles. The molecule has 0 spiro atoms. The maximum Gasteiger partial charge on any atom is 0.270 e. The minimum Gasteiger partial charge on any atom is -0.357 e. The van der Waals surface area contributed by atoms with Crippen LogP contribution in [0.15, 0.2) is 18.3 Å². The van der Waals surface area contributed by atoms with Gasteiger partial charge < -0.3 is 9.88 Å². The van der Waals surface area contributed by atoms with Crippen LogP contribution in [0, 0.1) is 23.2 Å². The summed E-state index contributed by atoms with van der Waals surface area (Å²) in [5, 5.41) is 0. The van der Waals surface area contributed by atoms with E-state index in [0.717, 1.165) is 30.0 Å². The summed E-state index contributed by atoms with van der Waals surface area (Å²) >= 11 is 0. The Kier molecular flexibility index (Phi) is 2.73. The highest BCUT2D eigenvalue weighted by atomic mass is 16.2. The van der Waals surface area contributed by atoms with Crippen LogP contribution >= 0.6 is 0 Å². The van der Waals surface area contributed by atoms with Crippen molar-refractivity contribution in [3.8, 4) is 0 Å². The summed E-state index contributed by atoms with van der Waals surface area (Å²) in [6.45, 7) is 0.953. The summed E-state index contributed by atoms with van der Waals surface area (Å²) < 4.78 is 0. The van der Waals surface area contributed by atoms with Crippen molar-refractivity contribution in [1.29, 1.82) is 0 Å². The quantitative estimate of drug-likeness (QED) is 0.900. The average molecular weight is 272 g/mol. The lowest BCUT2D eigenvalue weighted by Gasteiger charge is -2.57. The van der Waals surface area contributed by atoms with Gasteiger partial charge in [-0.3, -0.25) is 4.79 Å². The topological polar surface area (TPSA) is 36.1 Å². The van der Waals surface area contributed by atoms with Crippen LogP contribution in [0.25, 0.3) is 0 Å². The van der Waals surface area contributed by atoms with Gasteiger partial charge in [-0.25, -0.2) is 0 Å². The molecular weight excluding hydrogens is 248 g/mol. The van der Waals surface area contributed by atoms with E-state index in [9.17, 15) is 4.79 Å². The van der Waals surface area contributed by atoms with Crippen molar-refractivity contribution in [1.82, 2.24) is 9.88 Å². The summed E-state index contributed by atoms with van der Waals surface area (Å²) in [5.74, 6) is 3.01. The van der Waals surface area contributed by atoms with Gasteiger partial charge in [0.15, 0.2) is 0 Å². The van der Waals surface area contributed by atoms with Crippen molar-refractivity contribution in [2.45, 2.75) is 38.5 Å². The lowest BCUT2D eigenvalue weighted by Crippen LogP contribution is -2.51. The molecule has 4 bridgehead atoms. The SMILES string of the molecule is CN(CC12CC3CC(CC(C3)C1)C2)C(=O)c1ccc[nH]1. The molecule has 0 atom stereocenters. The third-order valence-corrected chi connectivity index (χ3v) is 5.91. The fraction of sp³-hybridized carbons (Fsp3) is 0.706. The molecule has 1 N–H and O–H groups in total. The normalized spacial score (nSPS) is 38.1. The molecule has 20 heavy (non-hydrogen) atoms. The van der Waals surface area contributed by atoms with E-state index in [1.807, 2.05) is 30.3 Å². The lowest BCUT2D eigenvalue weighted by atomic mass is 9.49. The number of carbonyl (C=O) groups is 1. The highest BCUT2D eigenvalue weighted by molar-refractivity contribution is 5.92. The van der Waals surface area contributed by atoms with Crippen LogP contribution in [0.5, 0.6) is 0 Å². The molecule has 0 unspecified atom stereocenters. The molecule has 0 radical (unpaired) electrons. The van der Waals surface area contributed by atoms with E-state index in [1.54, 1.807) is 0 Å². The van der Waals surface area contributed by atoms with Crippen LogP contribution in [-0.2, 0) is 0 Å². The van der Waals surface area contributed by atoms with Gasteiger partial charge >= 0.3 is 0 Å². The number of aromatic amines is 1. The number of aromatic nitrogens is 1. The summed E-state index contributed by atoms with van der Waals surface area (Å²) in [5.41, 5.74) is 1.16. The monoisotopic (exact) mass is 272 g/mol.